The summed E-state index contributed by atoms with van der Waals surface area (Å²) < 4.78 is 10.2. The highest BCUT2D eigenvalue weighted by molar-refractivity contribution is 5.71. The standard InChI is InChI=1S/C13H13NO3/c14-12-7-6-11(17-12)8-13(15)16-9-10-4-2-1-3-5-10/h1-7H,8-9,14H2. The van der Waals surface area contributed by atoms with Gasteiger partial charge in [0.15, 0.2) is 5.88 Å². The van der Waals surface area contributed by atoms with Gasteiger partial charge in [0.25, 0.3) is 0 Å². The van der Waals surface area contributed by atoms with E-state index in [1.807, 2.05) is 30.3 Å². The van der Waals surface area contributed by atoms with Crippen molar-refractivity contribution in [2.24, 2.45) is 0 Å². The number of benzene rings is 1. The van der Waals surface area contributed by atoms with Gasteiger partial charge in [-0.25, -0.2) is 0 Å². The molecule has 0 aliphatic heterocycles. The molecule has 0 amide bonds. The van der Waals surface area contributed by atoms with Gasteiger partial charge in [-0.15, -0.1) is 0 Å². The number of esters is 1. The first kappa shape index (κ1) is 11.3. The molecule has 2 aromatic rings. The van der Waals surface area contributed by atoms with Crippen molar-refractivity contribution in [3.63, 3.8) is 0 Å². The van der Waals surface area contributed by atoms with Crippen LogP contribution in [0, 0.1) is 0 Å². The van der Waals surface area contributed by atoms with Crippen molar-refractivity contribution in [2.75, 3.05) is 5.73 Å². The highest BCUT2D eigenvalue weighted by atomic mass is 16.5. The van der Waals surface area contributed by atoms with Crippen LogP contribution in [0.2, 0.25) is 0 Å². The van der Waals surface area contributed by atoms with Gasteiger partial charge in [0.2, 0.25) is 0 Å². The maximum absolute atomic E-state index is 11.5. The Labute approximate surface area is 99.0 Å². The maximum Gasteiger partial charge on any atom is 0.313 e. The second-order valence-corrected chi connectivity index (χ2v) is 3.63. The molecule has 0 saturated carbocycles. The molecular weight excluding hydrogens is 218 g/mol. The van der Waals surface area contributed by atoms with E-state index in [0.717, 1.165) is 5.56 Å². The summed E-state index contributed by atoms with van der Waals surface area (Å²) in [5.74, 6) is 0.486. The number of nitrogen functional groups attached to an aromatic ring is 1. The number of carbonyl (C=O) groups is 1. The second kappa shape index (κ2) is 5.21. The Kier molecular flexibility index (Phi) is 3.45. The van der Waals surface area contributed by atoms with E-state index in [1.54, 1.807) is 12.1 Å². The Morgan fingerprint density at radius 1 is 1.18 bits per heavy atom. The Bertz CT molecular complexity index is 490. The number of nitrogens with two attached hydrogens (primary N) is 1. The second-order valence-electron chi connectivity index (χ2n) is 3.63. The molecule has 1 aromatic heterocycles. The molecule has 2 rings (SSSR count). The number of carbonyl (C=O) groups excluding carboxylic acids is 1. The van der Waals surface area contributed by atoms with Crippen molar-refractivity contribution in [3.8, 4) is 0 Å². The third-order valence-corrected chi connectivity index (χ3v) is 2.24. The van der Waals surface area contributed by atoms with E-state index in [2.05, 4.69) is 0 Å². The van der Waals surface area contributed by atoms with Gasteiger partial charge in [0.05, 0.1) is 0 Å². The molecule has 0 fully saturated rings. The summed E-state index contributed by atoms with van der Waals surface area (Å²) in [7, 11) is 0. The van der Waals surface area contributed by atoms with E-state index in [0.29, 0.717) is 11.6 Å². The maximum atomic E-state index is 11.5. The Morgan fingerprint density at radius 3 is 2.59 bits per heavy atom. The molecule has 0 unspecified atom stereocenters. The first-order valence-electron chi connectivity index (χ1n) is 5.28. The summed E-state index contributed by atoms with van der Waals surface area (Å²) in [6.07, 6.45) is 0.101. The van der Waals surface area contributed by atoms with Gasteiger partial charge < -0.3 is 14.9 Å². The monoisotopic (exact) mass is 231 g/mol. The van der Waals surface area contributed by atoms with Crippen LogP contribution in [0.1, 0.15) is 11.3 Å². The van der Waals surface area contributed by atoms with Crippen LogP contribution in [0.15, 0.2) is 46.9 Å². The number of anilines is 1. The van der Waals surface area contributed by atoms with E-state index < -0.39 is 0 Å². The first-order chi connectivity index (χ1) is 8.24. The van der Waals surface area contributed by atoms with Gasteiger partial charge in [-0.05, 0) is 11.6 Å². The molecule has 4 heteroatoms. The summed E-state index contributed by atoms with van der Waals surface area (Å²) in [5.41, 5.74) is 6.36. The van der Waals surface area contributed by atoms with Crippen LogP contribution in [-0.4, -0.2) is 5.97 Å². The molecule has 0 spiro atoms. The third-order valence-electron chi connectivity index (χ3n) is 2.24. The lowest BCUT2D eigenvalue weighted by Crippen LogP contribution is -2.07. The number of rotatable bonds is 4. The van der Waals surface area contributed by atoms with Crippen molar-refractivity contribution >= 4 is 11.9 Å². The molecule has 17 heavy (non-hydrogen) atoms. The zero-order chi connectivity index (χ0) is 12.1. The molecule has 0 atom stereocenters. The van der Waals surface area contributed by atoms with Crippen molar-refractivity contribution in [1.29, 1.82) is 0 Å². The van der Waals surface area contributed by atoms with E-state index in [9.17, 15) is 4.79 Å². The quantitative estimate of drug-likeness (QED) is 0.819. The average molecular weight is 231 g/mol. The molecule has 88 valence electrons. The molecule has 4 nitrogen and oxygen atoms in total. The lowest BCUT2D eigenvalue weighted by Gasteiger charge is -2.03. The van der Waals surface area contributed by atoms with E-state index in [-0.39, 0.29) is 19.0 Å². The van der Waals surface area contributed by atoms with E-state index >= 15 is 0 Å². The minimum Gasteiger partial charge on any atom is -0.460 e. The number of ether oxygens (including phenoxy) is 1. The Balaban J connectivity index is 1.82. The van der Waals surface area contributed by atoms with Crippen LogP contribution in [0.25, 0.3) is 0 Å². The van der Waals surface area contributed by atoms with Gasteiger partial charge in [-0.1, -0.05) is 30.3 Å². The summed E-state index contributed by atoms with van der Waals surface area (Å²) in [4.78, 5) is 11.5. The molecule has 1 aromatic carbocycles. The SMILES string of the molecule is Nc1ccc(CC(=O)OCc2ccccc2)o1. The lowest BCUT2D eigenvalue weighted by atomic mass is 10.2. The van der Waals surface area contributed by atoms with Gasteiger partial charge >= 0.3 is 5.97 Å². The fourth-order valence-electron chi connectivity index (χ4n) is 1.42. The predicted octanol–water partition coefficient (Wildman–Crippen LogP) is 2.15. The number of furan rings is 1. The first-order valence-corrected chi connectivity index (χ1v) is 5.28. The summed E-state index contributed by atoms with van der Waals surface area (Å²) in [6, 6.07) is 12.8. The molecule has 0 aliphatic rings. The third kappa shape index (κ3) is 3.38. The summed E-state index contributed by atoms with van der Waals surface area (Å²) in [6.45, 7) is 0.274. The van der Waals surface area contributed by atoms with Crippen LogP contribution in [0.4, 0.5) is 5.88 Å². The zero-order valence-electron chi connectivity index (χ0n) is 9.26. The summed E-state index contributed by atoms with van der Waals surface area (Å²) in [5, 5.41) is 0. The zero-order valence-corrected chi connectivity index (χ0v) is 9.26. The van der Waals surface area contributed by atoms with Gasteiger partial charge in [-0.2, -0.15) is 0 Å². The minimum atomic E-state index is -0.330. The highest BCUT2D eigenvalue weighted by Crippen LogP contribution is 2.10. The average Bonchev–Trinajstić information content (AvgIpc) is 2.73. The molecule has 0 radical (unpaired) electrons. The largest absolute Gasteiger partial charge is 0.460 e. The molecule has 1 heterocycles. The fraction of sp³-hybridized carbons (Fsp3) is 0.154. The molecule has 0 saturated heterocycles. The number of hydrogen-bond acceptors (Lipinski definition) is 4. The van der Waals surface area contributed by atoms with Crippen LogP contribution in [-0.2, 0) is 22.6 Å². The van der Waals surface area contributed by atoms with Crippen molar-refractivity contribution in [3.05, 3.63) is 53.8 Å². The molecule has 0 bridgehead atoms. The normalized spacial score (nSPS) is 10.1. The smallest absolute Gasteiger partial charge is 0.313 e. The summed E-state index contributed by atoms with van der Waals surface area (Å²) >= 11 is 0. The Hall–Kier alpha value is -2.23. The predicted molar refractivity (Wildman–Crippen MR) is 63.1 cm³/mol. The van der Waals surface area contributed by atoms with Crippen LogP contribution in [0.5, 0.6) is 0 Å². The van der Waals surface area contributed by atoms with Crippen LogP contribution in [0.3, 0.4) is 0 Å². The fourth-order valence-corrected chi connectivity index (χ4v) is 1.42. The van der Waals surface area contributed by atoms with Gasteiger partial charge in [-0.3, -0.25) is 4.79 Å². The van der Waals surface area contributed by atoms with Gasteiger partial charge in [0.1, 0.15) is 18.8 Å². The molecule has 0 aliphatic carbocycles. The lowest BCUT2D eigenvalue weighted by molar-refractivity contribution is -0.144. The van der Waals surface area contributed by atoms with Crippen molar-refractivity contribution < 1.29 is 13.9 Å². The van der Waals surface area contributed by atoms with Crippen LogP contribution < -0.4 is 5.73 Å². The van der Waals surface area contributed by atoms with Gasteiger partial charge in [0, 0.05) is 6.07 Å². The molecular formula is C13H13NO3. The van der Waals surface area contributed by atoms with E-state index in [4.69, 9.17) is 14.9 Å². The van der Waals surface area contributed by atoms with Crippen LogP contribution >= 0.6 is 0 Å². The van der Waals surface area contributed by atoms with Crippen molar-refractivity contribution in [2.45, 2.75) is 13.0 Å². The topological polar surface area (TPSA) is 65.5 Å². The van der Waals surface area contributed by atoms with E-state index in [1.165, 1.54) is 0 Å². The van der Waals surface area contributed by atoms with Crippen molar-refractivity contribution in [1.82, 2.24) is 0 Å². The minimum absolute atomic E-state index is 0.101. The highest BCUT2D eigenvalue weighted by Gasteiger charge is 2.08. The molecule has 2 N–H and O–H groups in total. The Morgan fingerprint density at radius 2 is 1.94 bits per heavy atom. The number of hydrogen-bond donors (Lipinski definition) is 1.